The van der Waals surface area contributed by atoms with Crippen LogP contribution in [0.25, 0.3) is 0 Å². The summed E-state index contributed by atoms with van der Waals surface area (Å²) in [5, 5.41) is 0. The van der Waals surface area contributed by atoms with Crippen LogP contribution in [-0.2, 0) is 9.47 Å². The van der Waals surface area contributed by atoms with Crippen molar-refractivity contribution in [2.75, 3.05) is 27.3 Å². The molecule has 0 saturated heterocycles. The van der Waals surface area contributed by atoms with Crippen molar-refractivity contribution in [1.82, 2.24) is 0 Å². The number of hydrogen-bond donors (Lipinski definition) is 2. The van der Waals surface area contributed by atoms with E-state index in [-0.39, 0.29) is 0 Å². The smallest absolute Gasteiger partial charge is 0.168 e. The van der Waals surface area contributed by atoms with Gasteiger partial charge in [0.05, 0.1) is 0 Å². The maximum Gasteiger partial charge on any atom is 0.168 e. The first-order valence-corrected chi connectivity index (χ1v) is 4.25. The van der Waals surface area contributed by atoms with Crippen LogP contribution in [0.5, 0.6) is 0 Å². The van der Waals surface area contributed by atoms with Crippen LogP contribution in [0.2, 0.25) is 0 Å². The van der Waals surface area contributed by atoms with Gasteiger partial charge in [-0.15, -0.1) is 0 Å². The van der Waals surface area contributed by atoms with Crippen molar-refractivity contribution in [3.8, 4) is 0 Å². The lowest BCUT2D eigenvalue weighted by Gasteiger charge is -2.30. The van der Waals surface area contributed by atoms with Crippen molar-refractivity contribution in [3.05, 3.63) is 0 Å². The fourth-order valence-electron chi connectivity index (χ4n) is 1.21. The first kappa shape index (κ1) is 11.8. The van der Waals surface area contributed by atoms with Gasteiger partial charge in [-0.25, -0.2) is 0 Å². The van der Waals surface area contributed by atoms with Crippen LogP contribution in [0.15, 0.2) is 0 Å². The third kappa shape index (κ3) is 3.49. The van der Waals surface area contributed by atoms with E-state index in [1.165, 1.54) is 0 Å². The SMILES string of the molecule is COC(CCN)(CCCN)OC. The van der Waals surface area contributed by atoms with Gasteiger partial charge in [0.2, 0.25) is 0 Å². The minimum absolute atomic E-state index is 0.520. The molecule has 0 amide bonds. The van der Waals surface area contributed by atoms with Gasteiger partial charge in [0.1, 0.15) is 0 Å². The van der Waals surface area contributed by atoms with Gasteiger partial charge >= 0.3 is 0 Å². The minimum Gasteiger partial charge on any atom is -0.353 e. The van der Waals surface area contributed by atoms with E-state index in [1.807, 2.05) is 0 Å². The van der Waals surface area contributed by atoms with Gasteiger partial charge in [0.15, 0.2) is 5.79 Å². The zero-order valence-corrected chi connectivity index (χ0v) is 8.01. The Bertz CT molecular complexity index is 105. The van der Waals surface area contributed by atoms with Gasteiger partial charge in [-0.1, -0.05) is 0 Å². The lowest BCUT2D eigenvalue weighted by Crippen LogP contribution is -2.36. The summed E-state index contributed by atoms with van der Waals surface area (Å²) in [6, 6.07) is 0. The van der Waals surface area contributed by atoms with Crippen LogP contribution in [0.4, 0.5) is 0 Å². The van der Waals surface area contributed by atoms with Gasteiger partial charge < -0.3 is 20.9 Å². The van der Waals surface area contributed by atoms with E-state index in [0.29, 0.717) is 19.5 Å². The largest absolute Gasteiger partial charge is 0.353 e. The molecule has 74 valence electrons. The van der Waals surface area contributed by atoms with Gasteiger partial charge in [0.25, 0.3) is 0 Å². The summed E-state index contributed by atoms with van der Waals surface area (Å²) in [5.41, 5.74) is 10.8. The lowest BCUT2D eigenvalue weighted by molar-refractivity contribution is -0.213. The third-order valence-electron chi connectivity index (χ3n) is 2.03. The summed E-state index contributed by atoms with van der Waals surface area (Å²) in [5.74, 6) is -0.520. The molecule has 4 nitrogen and oxygen atoms in total. The van der Waals surface area contributed by atoms with Crippen LogP contribution >= 0.6 is 0 Å². The summed E-state index contributed by atoms with van der Waals surface area (Å²) in [7, 11) is 3.27. The van der Waals surface area contributed by atoms with Gasteiger partial charge in [0, 0.05) is 27.1 Å². The van der Waals surface area contributed by atoms with Crippen LogP contribution in [-0.4, -0.2) is 33.1 Å². The molecule has 0 aliphatic heterocycles. The zero-order valence-electron chi connectivity index (χ0n) is 8.01. The molecule has 0 aliphatic rings. The molecule has 0 aliphatic carbocycles. The number of ether oxygens (including phenoxy) is 2. The monoisotopic (exact) mass is 176 g/mol. The quantitative estimate of drug-likeness (QED) is 0.538. The molecule has 0 rings (SSSR count). The normalized spacial score (nSPS) is 12.0. The molecule has 0 fully saturated rings. The summed E-state index contributed by atoms with van der Waals surface area (Å²) < 4.78 is 10.5. The zero-order chi connectivity index (χ0) is 9.45. The van der Waals surface area contributed by atoms with Crippen LogP contribution in [0.1, 0.15) is 19.3 Å². The third-order valence-corrected chi connectivity index (χ3v) is 2.03. The Morgan fingerprint density at radius 2 is 1.58 bits per heavy atom. The number of nitrogens with two attached hydrogens (primary N) is 2. The molecule has 0 radical (unpaired) electrons. The summed E-state index contributed by atoms with van der Waals surface area (Å²) in [4.78, 5) is 0. The van der Waals surface area contributed by atoms with Gasteiger partial charge in [-0.2, -0.15) is 0 Å². The van der Waals surface area contributed by atoms with E-state index in [4.69, 9.17) is 20.9 Å². The highest BCUT2D eigenvalue weighted by atomic mass is 16.7. The van der Waals surface area contributed by atoms with Crippen molar-refractivity contribution in [1.29, 1.82) is 0 Å². The van der Waals surface area contributed by atoms with Crippen LogP contribution in [0.3, 0.4) is 0 Å². The summed E-state index contributed by atoms with van der Waals surface area (Å²) in [6.45, 7) is 1.21. The molecule has 0 aromatic rings. The predicted molar refractivity (Wildman–Crippen MR) is 48.7 cm³/mol. The molecule has 0 unspecified atom stereocenters. The maximum absolute atomic E-state index is 5.45. The van der Waals surface area contributed by atoms with Crippen molar-refractivity contribution < 1.29 is 9.47 Å². The van der Waals surface area contributed by atoms with Gasteiger partial charge in [-0.3, -0.25) is 0 Å². The second-order valence-electron chi connectivity index (χ2n) is 2.75. The first-order valence-electron chi connectivity index (χ1n) is 4.25. The Labute approximate surface area is 74.2 Å². The molecule has 4 N–H and O–H groups in total. The molecule has 12 heavy (non-hydrogen) atoms. The van der Waals surface area contributed by atoms with Crippen LogP contribution in [0, 0.1) is 0 Å². The second kappa shape index (κ2) is 6.37. The molecule has 0 spiro atoms. The van der Waals surface area contributed by atoms with Gasteiger partial charge in [-0.05, 0) is 19.5 Å². The van der Waals surface area contributed by atoms with E-state index in [2.05, 4.69) is 0 Å². The number of hydrogen-bond acceptors (Lipinski definition) is 4. The van der Waals surface area contributed by atoms with Crippen molar-refractivity contribution >= 4 is 0 Å². The summed E-state index contributed by atoms with van der Waals surface area (Å²) in [6.07, 6.45) is 2.40. The molecule has 4 heteroatoms. The topological polar surface area (TPSA) is 70.5 Å². The van der Waals surface area contributed by atoms with Crippen molar-refractivity contribution in [2.45, 2.75) is 25.0 Å². The molecule has 0 aromatic heterocycles. The van der Waals surface area contributed by atoms with E-state index >= 15 is 0 Å². The molecule has 0 aromatic carbocycles. The second-order valence-corrected chi connectivity index (χ2v) is 2.75. The Morgan fingerprint density at radius 3 is 1.92 bits per heavy atom. The lowest BCUT2D eigenvalue weighted by atomic mass is 10.1. The Balaban J connectivity index is 3.95. The molecule has 0 bridgehead atoms. The van der Waals surface area contributed by atoms with E-state index in [0.717, 1.165) is 12.8 Å². The molecule has 0 heterocycles. The summed E-state index contributed by atoms with van der Waals surface area (Å²) >= 11 is 0. The maximum atomic E-state index is 5.45. The fourth-order valence-corrected chi connectivity index (χ4v) is 1.21. The standard InChI is InChI=1S/C8H20N2O2/c1-11-8(12-2,5-7-10)4-3-6-9/h3-7,9-10H2,1-2H3. The first-order chi connectivity index (χ1) is 5.74. The van der Waals surface area contributed by atoms with Crippen molar-refractivity contribution in [3.63, 3.8) is 0 Å². The number of rotatable bonds is 7. The predicted octanol–water partition coefficient (Wildman–Crippen LogP) is 0.0632. The highest BCUT2D eigenvalue weighted by Gasteiger charge is 2.27. The Hall–Kier alpha value is -0.160. The molecule has 0 saturated carbocycles. The fraction of sp³-hybridized carbons (Fsp3) is 1.00. The van der Waals surface area contributed by atoms with Crippen LogP contribution < -0.4 is 11.5 Å². The Morgan fingerprint density at radius 1 is 1.00 bits per heavy atom. The van der Waals surface area contributed by atoms with Crippen molar-refractivity contribution in [2.24, 2.45) is 11.5 Å². The van der Waals surface area contributed by atoms with E-state index < -0.39 is 5.79 Å². The van der Waals surface area contributed by atoms with E-state index in [9.17, 15) is 0 Å². The molecular formula is C8H20N2O2. The average molecular weight is 176 g/mol. The molecule has 0 atom stereocenters. The highest BCUT2D eigenvalue weighted by molar-refractivity contribution is 4.69. The van der Waals surface area contributed by atoms with E-state index in [1.54, 1.807) is 14.2 Å². The number of methoxy groups -OCH3 is 2. The minimum atomic E-state index is -0.520. The Kier molecular flexibility index (Phi) is 6.28. The molecular weight excluding hydrogens is 156 g/mol. The highest BCUT2D eigenvalue weighted by Crippen LogP contribution is 2.21. The average Bonchev–Trinajstić information content (AvgIpc) is 2.13.